The predicted molar refractivity (Wildman–Crippen MR) is 72.7 cm³/mol. The smallest absolute Gasteiger partial charge is 0.336 e. The van der Waals surface area contributed by atoms with Crippen LogP contribution < -0.4 is 0 Å². The lowest BCUT2D eigenvalue weighted by atomic mass is 10.0. The highest BCUT2D eigenvalue weighted by Gasteiger charge is 2.15. The summed E-state index contributed by atoms with van der Waals surface area (Å²) in [5.74, 6) is 0.324. The van der Waals surface area contributed by atoms with E-state index in [-0.39, 0.29) is 16.7 Å². The van der Waals surface area contributed by atoms with Gasteiger partial charge in [-0.1, -0.05) is 11.8 Å². The molecule has 0 unspecified atom stereocenters. The fourth-order valence-corrected chi connectivity index (χ4v) is 1.70. The third-order valence-electron chi connectivity index (χ3n) is 2.75. The van der Waals surface area contributed by atoms with Crippen LogP contribution in [0.3, 0.4) is 0 Å². The zero-order chi connectivity index (χ0) is 16.3. The number of hydrogen-bond acceptors (Lipinski definition) is 2. The van der Waals surface area contributed by atoms with E-state index in [1.165, 1.54) is 12.1 Å². The molecule has 0 aliphatic heterocycles. The Kier molecular flexibility index (Phi) is 4.18. The summed E-state index contributed by atoms with van der Waals surface area (Å²) in [4.78, 5) is 21.9. The average molecular weight is 302 g/mol. The van der Waals surface area contributed by atoms with Crippen LogP contribution in [0.2, 0.25) is 0 Å². The first-order chi connectivity index (χ1) is 10.4. The Bertz CT molecular complexity index is 832. The summed E-state index contributed by atoms with van der Waals surface area (Å²) in [6.45, 7) is 0. The molecule has 2 aromatic rings. The molecule has 22 heavy (non-hydrogen) atoms. The van der Waals surface area contributed by atoms with Gasteiger partial charge in [-0.3, -0.25) is 0 Å². The van der Waals surface area contributed by atoms with Crippen LogP contribution in [0.5, 0.6) is 0 Å². The van der Waals surface area contributed by atoms with E-state index in [1.807, 2.05) is 0 Å². The second-order valence-electron chi connectivity index (χ2n) is 4.25. The first kappa shape index (κ1) is 15.2. The number of halogens is 2. The maximum atomic E-state index is 13.0. The van der Waals surface area contributed by atoms with Crippen LogP contribution in [0.1, 0.15) is 31.8 Å². The van der Waals surface area contributed by atoms with E-state index in [0.717, 1.165) is 24.3 Å². The maximum absolute atomic E-state index is 13.0. The number of carboxylic acid groups (broad SMARTS) is 2. The van der Waals surface area contributed by atoms with Gasteiger partial charge in [-0.2, -0.15) is 0 Å². The van der Waals surface area contributed by atoms with Crippen molar-refractivity contribution >= 4 is 11.9 Å². The van der Waals surface area contributed by atoms with Crippen LogP contribution in [-0.4, -0.2) is 22.2 Å². The SMILES string of the molecule is O=C(O)c1ccc(C#Cc2ccc(F)c(F)c2)cc1C(=O)O. The highest BCUT2D eigenvalue weighted by Crippen LogP contribution is 2.13. The van der Waals surface area contributed by atoms with Crippen LogP contribution in [0.4, 0.5) is 8.78 Å². The van der Waals surface area contributed by atoms with Gasteiger partial charge in [0, 0.05) is 11.1 Å². The molecule has 110 valence electrons. The normalized spacial score (nSPS) is 9.73. The minimum atomic E-state index is -1.39. The lowest BCUT2D eigenvalue weighted by Gasteiger charge is -2.01. The van der Waals surface area contributed by atoms with Gasteiger partial charge in [-0.05, 0) is 36.4 Å². The Labute approximate surface area is 123 Å². The quantitative estimate of drug-likeness (QED) is 0.837. The highest BCUT2D eigenvalue weighted by atomic mass is 19.2. The fraction of sp³-hybridized carbons (Fsp3) is 0. The summed E-state index contributed by atoms with van der Waals surface area (Å²) in [7, 11) is 0. The number of benzene rings is 2. The maximum Gasteiger partial charge on any atom is 0.336 e. The number of carbonyl (C=O) groups is 2. The van der Waals surface area contributed by atoms with Crippen molar-refractivity contribution < 1.29 is 28.6 Å². The lowest BCUT2D eigenvalue weighted by Crippen LogP contribution is -2.08. The van der Waals surface area contributed by atoms with E-state index in [2.05, 4.69) is 11.8 Å². The zero-order valence-electron chi connectivity index (χ0n) is 10.9. The van der Waals surface area contributed by atoms with E-state index in [4.69, 9.17) is 10.2 Å². The van der Waals surface area contributed by atoms with E-state index < -0.39 is 29.1 Å². The van der Waals surface area contributed by atoms with Crippen LogP contribution in [0.25, 0.3) is 0 Å². The summed E-state index contributed by atoms with van der Waals surface area (Å²) in [5.41, 5.74) is -0.305. The van der Waals surface area contributed by atoms with Gasteiger partial charge in [0.25, 0.3) is 0 Å². The van der Waals surface area contributed by atoms with Gasteiger partial charge in [0.1, 0.15) is 0 Å². The molecule has 0 amide bonds. The van der Waals surface area contributed by atoms with Crippen molar-refractivity contribution in [1.29, 1.82) is 0 Å². The minimum absolute atomic E-state index is 0.207. The molecule has 0 saturated carbocycles. The summed E-state index contributed by atoms with van der Waals surface area (Å²) in [5, 5.41) is 17.9. The van der Waals surface area contributed by atoms with Crippen LogP contribution in [0, 0.1) is 23.5 Å². The molecule has 4 nitrogen and oxygen atoms in total. The highest BCUT2D eigenvalue weighted by molar-refractivity contribution is 6.01. The van der Waals surface area contributed by atoms with Crippen molar-refractivity contribution in [3.8, 4) is 11.8 Å². The molecule has 0 heterocycles. The Morgan fingerprint density at radius 2 is 1.32 bits per heavy atom. The molecule has 0 aliphatic carbocycles. The minimum Gasteiger partial charge on any atom is -0.478 e. The van der Waals surface area contributed by atoms with Gasteiger partial charge in [0.2, 0.25) is 0 Å². The topological polar surface area (TPSA) is 74.6 Å². The van der Waals surface area contributed by atoms with Crippen molar-refractivity contribution in [3.05, 3.63) is 70.3 Å². The molecular formula is C16H8F2O4. The van der Waals surface area contributed by atoms with Gasteiger partial charge in [-0.25, -0.2) is 18.4 Å². The third-order valence-corrected chi connectivity index (χ3v) is 2.75. The standard InChI is InChI=1S/C16H8F2O4/c17-13-6-4-10(8-14(13)18)2-1-9-3-5-11(15(19)20)12(7-9)16(21)22/h3-8H,(H,19,20)(H,21,22). The number of aromatic carboxylic acids is 2. The summed E-state index contributed by atoms with van der Waals surface area (Å²) in [6, 6.07) is 6.68. The molecule has 0 aromatic heterocycles. The van der Waals surface area contributed by atoms with Gasteiger partial charge in [-0.15, -0.1) is 0 Å². The molecule has 2 N–H and O–H groups in total. The largest absolute Gasteiger partial charge is 0.478 e. The Balaban J connectivity index is 2.41. The average Bonchev–Trinajstić information content (AvgIpc) is 2.48. The van der Waals surface area contributed by atoms with Gasteiger partial charge < -0.3 is 10.2 Å². The zero-order valence-corrected chi connectivity index (χ0v) is 10.9. The van der Waals surface area contributed by atoms with Crippen molar-refractivity contribution in [2.45, 2.75) is 0 Å². The molecular weight excluding hydrogens is 294 g/mol. The monoisotopic (exact) mass is 302 g/mol. The van der Waals surface area contributed by atoms with Gasteiger partial charge >= 0.3 is 11.9 Å². The van der Waals surface area contributed by atoms with Crippen LogP contribution in [0.15, 0.2) is 36.4 Å². The molecule has 6 heteroatoms. The summed E-state index contributed by atoms with van der Waals surface area (Å²) in [6.07, 6.45) is 0. The van der Waals surface area contributed by atoms with Crippen LogP contribution in [-0.2, 0) is 0 Å². The number of hydrogen-bond donors (Lipinski definition) is 2. The van der Waals surface area contributed by atoms with Gasteiger partial charge in [0.05, 0.1) is 11.1 Å². The molecule has 0 spiro atoms. The second-order valence-corrected chi connectivity index (χ2v) is 4.25. The molecule has 2 aromatic carbocycles. The lowest BCUT2D eigenvalue weighted by molar-refractivity contribution is 0.0651. The summed E-state index contributed by atoms with van der Waals surface area (Å²) >= 11 is 0. The predicted octanol–water partition coefficient (Wildman–Crippen LogP) is 2.76. The molecule has 0 atom stereocenters. The van der Waals surface area contributed by atoms with Crippen molar-refractivity contribution in [2.75, 3.05) is 0 Å². The van der Waals surface area contributed by atoms with Crippen molar-refractivity contribution in [3.63, 3.8) is 0 Å². The van der Waals surface area contributed by atoms with Crippen molar-refractivity contribution in [1.82, 2.24) is 0 Å². The van der Waals surface area contributed by atoms with Crippen molar-refractivity contribution in [2.24, 2.45) is 0 Å². The van der Waals surface area contributed by atoms with E-state index in [9.17, 15) is 18.4 Å². The van der Waals surface area contributed by atoms with E-state index in [1.54, 1.807) is 0 Å². The van der Waals surface area contributed by atoms with E-state index >= 15 is 0 Å². The Morgan fingerprint density at radius 1 is 0.773 bits per heavy atom. The number of carboxylic acids is 2. The number of rotatable bonds is 2. The Hall–Kier alpha value is -3.20. The molecule has 0 saturated heterocycles. The fourth-order valence-electron chi connectivity index (χ4n) is 1.70. The molecule has 0 bridgehead atoms. The van der Waals surface area contributed by atoms with Gasteiger partial charge in [0.15, 0.2) is 11.6 Å². The summed E-state index contributed by atoms with van der Waals surface area (Å²) < 4.78 is 25.8. The molecule has 0 fully saturated rings. The molecule has 0 aliphatic rings. The van der Waals surface area contributed by atoms with Crippen LogP contribution >= 0.6 is 0 Å². The molecule has 0 radical (unpaired) electrons. The molecule has 2 rings (SSSR count). The van der Waals surface area contributed by atoms with E-state index in [0.29, 0.717) is 0 Å². The second kappa shape index (κ2) is 6.06. The third kappa shape index (κ3) is 3.27. The Morgan fingerprint density at radius 3 is 1.86 bits per heavy atom. The first-order valence-corrected chi connectivity index (χ1v) is 5.96. The first-order valence-electron chi connectivity index (χ1n) is 5.96.